The molecule has 2 aliphatic heterocycles. The molecular formula is C25H19FN2O6S. The molecule has 2 aliphatic rings. The fraction of sp³-hybridized carbons (Fsp3) is 0.120. The molecule has 0 fully saturated rings. The Morgan fingerprint density at radius 1 is 1.00 bits per heavy atom. The first-order valence-corrected chi connectivity index (χ1v) is 12.0. The van der Waals surface area contributed by atoms with Crippen molar-refractivity contribution in [1.82, 2.24) is 4.31 Å². The van der Waals surface area contributed by atoms with E-state index in [4.69, 9.17) is 9.47 Å². The minimum atomic E-state index is -4.12. The summed E-state index contributed by atoms with van der Waals surface area (Å²) in [6.45, 7) is 1.36. The van der Waals surface area contributed by atoms with Gasteiger partial charge in [0.1, 0.15) is 10.7 Å². The Morgan fingerprint density at radius 2 is 1.69 bits per heavy atom. The number of carbonyl (C=O) groups is 2. The van der Waals surface area contributed by atoms with Gasteiger partial charge in [0.15, 0.2) is 11.5 Å². The van der Waals surface area contributed by atoms with Crippen LogP contribution in [0.4, 0.5) is 10.1 Å². The number of rotatable bonds is 5. The van der Waals surface area contributed by atoms with Gasteiger partial charge in [0.05, 0.1) is 6.54 Å². The Kier molecular flexibility index (Phi) is 5.52. The number of halogens is 1. The molecule has 1 N–H and O–H groups in total. The molecule has 3 aromatic carbocycles. The van der Waals surface area contributed by atoms with Crippen molar-refractivity contribution in [2.45, 2.75) is 13.5 Å². The molecule has 2 amide bonds. The SMILES string of the molecule is CC1=C(c2ccc(F)cc2)S(=O)(=O)N(Cc2ccc(C(=O)Nc3ccc4c(c3)OCO4)cc2)C1=O. The molecule has 0 saturated heterocycles. The summed E-state index contributed by atoms with van der Waals surface area (Å²) in [5.74, 6) is -0.372. The van der Waals surface area contributed by atoms with Crippen molar-refractivity contribution in [3.8, 4) is 11.5 Å². The summed E-state index contributed by atoms with van der Waals surface area (Å²) < 4.78 is 50.9. The normalized spacial score (nSPS) is 16.1. The molecule has 0 spiro atoms. The zero-order chi connectivity index (χ0) is 24.7. The van der Waals surface area contributed by atoms with E-state index >= 15 is 0 Å². The largest absolute Gasteiger partial charge is 0.454 e. The van der Waals surface area contributed by atoms with Gasteiger partial charge < -0.3 is 14.8 Å². The number of sulfonamides is 1. The monoisotopic (exact) mass is 494 g/mol. The zero-order valence-corrected chi connectivity index (χ0v) is 19.3. The van der Waals surface area contributed by atoms with E-state index in [1.54, 1.807) is 42.5 Å². The molecule has 0 aromatic heterocycles. The van der Waals surface area contributed by atoms with E-state index < -0.39 is 21.7 Å². The Labute approximate surface area is 200 Å². The number of nitrogens with zero attached hydrogens (tertiary/aromatic N) is 1. The van der Waals surface area contributed by atoms with E-state index in [0.717, 1.165) is 16.4 Å². The maximum absolute atomic E-state index is 13.3. The second kappa shape index (κ2) is 8.55. The highest BCUT2D eigenvalue weighted by Crippen LogP contribution is 2.37. The average molecular weight is 495 g/mol. The number of nitrogens with one attached hydrogen (secondary N) is 1. The lowest BCUT2D eigenvalue weighted by Gasteiger charge is -2.17. The van der Waals surface area contributed by atoms with Crippen LogP contribution in [0.15, 0.2) is 72.3 Å². The van der Waals surface area contributed by atoms with Gasteiger partial charge in [-0.3, -0.25) is 9.59 Å². The molecule has 35 heavy (non-hydrogen) atoms. The highest BCUT2D eigenvalue weighted by Gasteiger charge is 2.42. The van der Waals surface area contributed by atoms with Crippen molar-refractivity contribution in [1.29, 1.82) is 0 Å². The van der Waals surface area contributed by atoms with E-state index in [-0.39, 0.29) is 35.3 Å². The number of fused-ring (bicyclic) bond motifs is 1. The topological polar surface area (TPSA) is 102 Å². The third kappa shape index (κ3) is 4.12. The lowest BCUT2D eigenvalue weighted by molar-refractivity contribution is -0.122. The van der Waals surface area contributed by atoms with Crippen molar-refractivity contribution >= 4 is 32.4 Å². The quantitative estimate of drug-likeness (QED) is 0.577. The number of ether oxygens (including phenoxy) is 2. The van der Waals surface area contributed by atoms with Crippen LogP contribution in [0.5, 0.6) is 11.5 Å². The summed E-state index contributed by atoms with van der Waals surface area (Å²) in [5, 5.41) is 2.77. The van der Waals surface area contributed by atoms with Gasteiger partial charge in [-0.2, -0.15) is 0 Å². The minimum Gasteiger partial charge on any atom is -0.454 e. The summed E-state index contributed by atoms with van der Waals surface area (Å²) in [5.41, 5.74) is 1.72. The maximum Gasteiger partial charge on any atom is 0.268 e. The number of hydrogen-bond donors (Lipinski definition) is 1. The molecular weight excluding hydrogens is 475 g/mol. The number of carbonyl (C=O) groups excluding carboxylic acids is 2. The van der Waals surface area contributed by atoms with Crippen LogP contribution in [0, 0.1) is 5.82 Å². The standard InChI is InChI=1S/C25H19FN2O6S/c1-15-23(17-6-8-19(26)9-7-17)35(31,32)28(25(15)30)13-16-2-4-18(5-3-16)24(29)27-20-10-11-21-22(12-20)34-14-33-21/h2-12H,13-14H2,1H3,(H,27,29). The number of benzene rings is 3. The average Bonchev–Trinajstić information content (AvgIpc) is 3.37. The van der Waals surface area contributed by atoms with Crippen LogP contribution in [0.25, 0.3) is 4.91 Å². The number of hydrogen-bond acceptors (Lipinski definition) is 6. The molecule has 10 heteroatoms. The summed E-state index contributed by atoms with van der Waals surface area (Å²) >= 11 is 0. The fourth-order valence-corrected chi connectivity index (χ4v) is 5.73. The van der Waals surface area contributed by atoms with Crippen LogP contribution in [0.1, 0.15) is 28.4 Å². The Balaban J connectivity index is 1.31. The van der Waals surface area contributed by atoms with E-state index in [1.165, 1.54) is 19.1 Å². The van der Waals surface area contributed by atoms with E-state index in [0.29, 0.717) is 28.3 Å². The third-order valence-corrected chi connectivity index (χ3v) is 7.65. The van der Waals surface area contributed by atoms with E-state index in [1.807, 2.05) is 0 Å². The van der Waals surface area contributed by atoms with Crippen LogP contribution in [0.3, 0.4) is 0 Å². The highest BCUT2D eigenvalue weighted by atomic mass is 32.2. The fourth-order valence-electron chi connectivity index (χ4n) is 3.93. The summed E-state index contributed by atoms with van der Waals surface area (Å²) in [4.78, 5) is 25.2. The Morgan fingerprint density at radius 3 is 2.40 bits per heavy atom. The van der Waals surface area contributed by atoms with Crippen LogP contribution in [-0.4, -0.2) is 31.3 Å². The molecule has 0 atom stereocenters. The number of anilines is 1. The van der Waals surface area contributed by atoms with E-state index in [2.05, 4.69) is 5.32 Å². The molecule has 178 valence electrons. The first-order chi connectivity index (χ1) is 16.7. The van der Waals surface area contributed by atoms with Gasteiger partial charge in [0, 0.05) is 22.9 Å². The van der Waals surface area contributed by atoms with Crippen molar-refractivity contribution in [2.75, 3.05) is 12.1 Å². The molecule has 5 rings (SSSR count). The van der Waals surface area contributed by atoms with Crippen molar-refractivity contribution in [2.24, 2.45) is 0 Å². The van der Waals surface area contributed by atoms with Gasteiger partial charge in [-0.05, 0) is 54.4 Å². The minimum absolute atomic E-state index is 0.0660. The highest BCUT2D eigenvalue weighted by molar-refractivity contribution is 7.99. The van der Waals surface area contributed by atoms with Gasteiger partial charge >= 0.3 is 0 Å². The van der Waals surface area contributed by atoms with Crippen LogP contribution in [-0.2, 0) is 21.4 Å². The zero-order valence-electron chi connectivity index (χ0n) is 18.4. The molecule has 0 radical (unpaired) electrons. The first-order valence-electron chi connectivity index (χ1n) is 10.6. The van der Waals surface area contributed by atoms with Gasteiger partial charge in [0.25, 0.3) is 21.8 Å². The predicted molar refractivity (Wildman–Crippen MR) is 125 cm³/mol. The maximum atomic E-state index is 13.3. The van der Waals surface area contributed by atoms with E-state index in [9.17, 15) is 22.4 Å². The molecule has 0 saturated carbocycles. The molecule has 8 nitrogen and oxygen atoms in total. The summed E-state index contributed by atoms with van der Waals surface area (Å²) in [6.07, 6.45) is 0. The predicted octanol–water partition coefficient (Wildman–Crippen LogP) is 3.91. The van der Waals surface area contributed by atoms with Crippen molar-refractivity contribution in [3.05, 3.63) is 94.8 Å². The molecule has 3 aromatic rings. The van der Waals surface area contributed by atoms with Crippen LogP contribution < -0.4 is 14.8 Å². The van der Waals surface area contributed by atoms with Gasteiger partial charge in [-0.25, -0.2) is 17.1 Å². The summed E-state index contributed by atoms with van der Waals surface area (Å²) in [7, 11) is -4.12. The Hall–Kier alpha value is -4.18. The van der Waals surface area contributed by atoms with Crippen molar-refractivity contribution in [3.63, 3.8) is 0 Å². The van der Waals surface area contributed by atoms with Gasteiger partial charge in [0.2, 0.25) is 6.79 Å². The van der Waals surface area contributed by atoms with Crippen LogP contribution >= 0.6 is 0 Å². The molecule has 2 heterocycles. The second-order valence-corrected chi connectivity index (χ2v) is 9.80. The molecule has 0 aliphatic carbocycles. The van der Waals surface area contributed by atoms with Crippen LogP contribution in [0.2, 0.25) is 0 Å². The smallest absolute Gasteiger partial charge is 0.268 e. The van der Waals surface area contributed by atoms with Gasteiger partial charge in [-0.15, -0.1) is 0 Å². The summed E-state index contributed by atoms with van der Waals surface area (Å²) in [6, 6.07) is 16.3. The molecule has 0 bridgehead atoms. The third-order valence-electron chi connectivity index (χ3n) is 5.72. The Bertz CT molecular complexity index is 1480. The van der Waals surface area contributed by atoms with Crippen molar-refractivity contribution < 1.29 is 31.9 Å². The lowest BCUT2D eigenvalue weighted by atomic mass is 10.1. The number of amides is 2. The first kappa shape index (κ1) is 22.6. The molecule has 0 unspecified atom stereocenters. The van der Waals surface area contributed by atoms with Gasteiger partial charge in [-0.1, -0.05) is 24.3 Å². The lowest BCUT2D eigenvalue weighted by Crippen LogP contribution is -2.30. The second-order valence-electron chi connectivity index (χ2n) is 8.00.